The zero-order chi connectivity index (χ0) is 22.4. The van der Waals surface area contributed by atoms with E-state index >= 15 is 0 Å². The Hall–Kier alpha value is -3.24. The summed E-state index contributed by atoms with van der Waals surface area (Å²) >= 11 is 6.33. The Kier molecular flexibility index (Phi) is 3.89. The van der Waals surface area contributed by atoms with Gasteiger partial charge >= 0.3 is 0 Å². The van der Waals surface area contributed by atoms with Crippen molar-refractivity contribution in [2.75, 3.05) is 4.90 Å². The first-order valence-electron chi connectivity index (χ1n) is 10.7. The fraction of sp³-hybridized carbons (Fsp3) is 0.222. The molecule has 0 aromatic heterocycles. The van der Waals surface area contributed by atoms with Gasteiger partial charge in [0, 0.05) is 10.9 Å². The Balaban J connectivity index is 1.66. The Morgan fingerprint density at radius 3 is 2.06 bits per heavy atom. The number of halogens is 1. The highest BCUT2D eigenvalue weighted by Crippen LogP contribution is 2.64. The maximum atomic E-state index is 14.0. The molecule has 0 saturated carbocycles. The van der Waals surface area contributed by atoms with Gasteiger partial charge in [-0.25, -0.2) is 4.90 Å². The van der Waals surface area contributed by atoms with E-state index in [-0.39, 0.29) is 23.5 Å². The molecule has 3 aromatic rings. The molecule has 1 heterocycles. The molecule has 32 heavy (non-hydrogen) atoms. The maximum Gasteiger partial charge on any atom is 0.239 e. The van der Waals surface area contributed by atoms with Crippen molar-refractivity contribution in [2.24, 2.45) is 11.8 Å². The average molecular weight is 442 g/mol. The average Bonchev–Trinajstić information content (AvgIpc) is 3.06. The molecular formula is C27H20ClNO3. The second-order valence-corrected chi connectivity index (χ2v) is 9.37. The molecule has 0 radical (unpaired) electrons. The van der Waals surface area contributed by atoms with E-state index in [2.05, 4.69) is 0 Å². The van der Waals surface area contributed by atoms with E-state index in [0.717, 1.165) is 27.8 Å². The predicted molar refractivity (Wildman–Crippen MR) is 122 cm³/mol. The van der Waals surface area contributed by atoms with Crippen molar-refractivity contribution >= 4 is 34.9 Å². The fourth-order valence-electron chi connectivity index (χ4n) is 6.35. The predicted octanol–water partition coefficient (Wildman–Crippen LogP) is 4.79. The molecule has 0 N–H and O–H groups in total. The minimum Gasteiger partial charge on any atom is -0.299 e. The summed E-state index contributed by atoms with van der Waals surface area (Å²) in [6.07, 6.45) is 0. The second-order valence-electron chi connectivity index (χ2n) is 8.97. The van der Waals surface area contributed by atoms with Crippen molar-refractivity contribution in [3.63, 3.8) is 0 Å². The number of amides is 2. The van der Waals surface area contributed by atoms with Crippen LogP contribution in [0.25, 0.3) is 0 Å². The van der Waals surface area contributed by atoms with Crippen molar-refractivity contribution < 1.29 is 14.4 Å². The van der Waals surface area contributed by atoms with Crippen LogP contribution in [0, 0.1) is 18.8 Å². The minimum absolute atomic E-state index is 0.115. The quantitative estimate of drug-likeness (QED) is 0.537. The summed E-state index contributed by atoms with van der Waals surface area (Å²) < 4.78 is 0. The Labute approximate surface area is 190 Å². The van der Waals surface area contributed by atoms with Crippen LogP contribution in [-0.2, 0) is 19.8 Å². The summed E-state index contributed by atoms with van der Waals surface area (Å²) in [7, 11) is 0. The van der Waals surface area contributed by atoms with Crippen molar-refractivity contribution in [1.29, 1.82) is 0 Å². The van der Waals surface area contributed by atoms with Crippen LogP contribution in [0.2, 0.25) is 5.02 Å². The summed E-state index contributed by atoms with van der Waals surface area (Å²) in [6.45, 7) is 3.41. The minimum atomic E-state index is -1.18. The van der Waals surface area contributed by atoms with Crippen LogP contribution in [0.15, 0.2) is 66.7 Å². The number of Topliss-reactive ketones (excluding diaryl/α,β-unsaturated/α-hetero) is 1. The molecule has 3 aromatic carbocycles. The Morgan fingerprint density at radius 1 is 0.906 bits per heavy atom. The molecule has 1 aliphatic heterocycles. The molecule has 3 aliphatic carbocycles. The SMILES string of the molecule is CC(=O)C12c3ccccc3C(c3ccccc31)C1C(=O)N(c3ccc(C)c(Cl)c3)C(=O)C12. The molecule has 2 atom stereocenters. The van der Waals surface area contributed by atoms with Gasteiger partial charge in [0.25, 0.3) is 0 Å². The van der Waals surface area contributed by atoms with Crippen LogP contribution >= 0.6 is 11.6 Å². The van der Waals surface area contributed by atoms with E-state index < -0.39 is 17.3 Å². The third kappa shape index (κ3) is 2.11. The van der Waals surface area contributed by atoms with Crippen molar-refractivity contribution in [2.45, 2.75) is 25.2 Å². The third-order valence-electron chi connectivity index (χ3n) is 7.59. The van der Waals surface area contributed by atoms with Crippen LogP contribution < -0.4 is 4.90 Å². The van der Waals surface area contributed by atoms with Crippen LogP contribution in [0.3, 0.4) is 0 Å². The zero-order valence-corrected chi connectivity index (χ0v) is 18.4. The number of hydrogen-bond acceptors (Lipinski definition) is 3. The van der Waals surface area contributed by atoms with Gasteiger partial charge in [0.1, 0.15) is 5.78 Å². The summed E-state index contributed by atoms with van der Waals surface area (Å²) in [4.78, 5) is 42.6. The second kappa shape index (κ2) is 6.39. The lowest BCUT2D eigenvalue weighted by Gasteiger charge is -2.52. The molecule has 0 spiro atoms. The van der Waals surface area contributed by atoms with E-state index in [1.54, 1.807) is 25.1 Å². The van der Waals surface area contributed by atoms with Crippen LogP contribution in [0.5, 0.6) is 0 Å². The Bertz CT molecular complexity index is 1310. The smallest absolute Gasteiger partial charge is 0.239 e. The summed E-state index contributed by atoms with van der Waals surface area (Å²) in [5.74, 6) is -2.38. The number of rotatable bonds is 2. The number of aryl methyl sites for hydroxylation is 1. The first kappa shape index (κ1) is 19.4. The highest BCUT2D eigenvalue weighted by molar-refractivity contribution is 6.32. The third-order valence-corrected chi connectivity index (χ3v) is 7.99. The highest BCUT2D eigenvalue weighted by Gasteiger charge is 2.69. The summed E-state index contributed by atoms with van der Waals surface area (Å²) in [5.41, 5.74) is 3.77. The van der Waals surface area contributed by atoms with Gasteiger partial charge in [0.2, 0.25) is 11.8 Å². The molecule has 158 valence electrons. The summed E-state index contributed by atoms with van der Waals surface area (Å²) in [6, 6.07) is 20.8. The number of carbonyl (C=O) groups is 3. The van der Waals surface area contributed by atoms with Gasteiger partial charge in [-0.2, -0.15) is 0 Å². The molecule has 4 aliphatic rings. The lowest BCUT2D eigenvalue weighted by Crippen LogP contribution is -2.57. The number of carbonyl (C=O) groups excluding carboxylic acids is 3. The van der Waals surface area contributed by atoms with Crippen molar-refractivity contribution in [3.8, 4) is 0 Å². The van der Waals surface area contributed by atoms with Crippen LogP contribution in [-0.4, -0.2) is 17.6 Å². The maximum absolute atomic E-state index is 14.0. The van der Waals surface area contributed by atoms with Gasteiger partial charge in [-0.15, -0.1) is 0 Å². The molecule has 1 saturated heterocycles. The first-order valence-corrected chi connectivity index (χ1v) is 11.1. The van der Waals surface area contributed by atoms with E-state index in [1.807, 2.05) is 55.5 Å². The highest BCUT2D eigenvalue weighted by atomic mass is 35.5. The lowest BCUT2D eigenvalue weighted by atomic mass is 9.46. The Morgan fingerprint density at radius 2 is 1.50 bits per heavy atom. The number of hydrogen-bond donors (Lipinski definition) is 0. The van der Waals surface area contributed by atoms with E-state index in [1.165, 1.54) is 4.90 Å². The molecule has 7 rings (SSSR count). The molecule has 2 unspecified atom stereocenters. The van der Waals surface area contributed by atoms with E-state index in [9.17, 15) is 14.4 Å². The van der Waals surface area contributed by atoms with Gasteiger partial charge in [-0.1, -0.05) is 66.2 Å². The molecular weight excluding hydrogens is 422 g/mol. The van der Waals surface area contributed by atoms with Gasteiger partial charge in [0.05, 0.1) is 22.9 Å². The van der Waals surface area contributed by atoms with Gasteiger partial charge in [0.15, 0.2) is 0 Å². The number of benzene rings is 3. The summed E-state index contributed by atoms with van der Waals surface area (Å²) in [5, 5.41) is 0.494. The van der Waals surface area contributed by atoms with E-state index in [4.69, 9.17) is 11.6 Å². The molecule has 4 nitrogen and oxygen atoms in total. The van der Waals surface area contributed by atoms with Gasteiger partial charge < -0.3 is 0 Å². The van der Waals surface area contributed by atoms with Crippen molar-refractivity contribution in [3.05, 3.63) is 99.6 Å². The molecule has 1 fully saturated rings. The number of nitrogens with zero attached hydrogens (tertiary/aromatic N) is 1. The van der Waals surface area contributed by atoms with Crippen LogP contribution in [0.1, 0.15) is 40.7 Å². The normalized spacial score (nSPS) is 27.2. The van der Waals surface area contributed by atoms with E-state index in [0.29, 0.717) is 10.7 Å². The monoisotopic (exact) mass is 441 g/mol. The number of ketones is 1. The van der Waals surface area contributed by atoms with Gasteiger partial charge in [-0.3, -0.25) is 14.4 Å². The molecule has 5 heteroatoms. The van der Waals surface area contributed by atoms with Crippen molar-refractivity contribution in [1.82, 2.24) is 0 Å². The number of anilines is 1. The number of imide groups is 1. The standard InChI is InChI=1S/C27H20ClNO3/c1-14-11-12-16(13-21(14)28)29-25(31)23-22-17-7-3-5-9-19(17)27(15(2)30,24(23)26(29)32)20-10-6-4-8-18(20)22/h3-13,22-24H,1-2H3. The van der Waals surface area contributed by atoms with Crippen LogP contribution in [0.4, 0.5) is 5.69 Å². The largest absolute Gasteiger partial charge is 0.299 e. The fourth-order valence-corrected chi connectivity index (χ4v) is 6.52. The lowest BCUT2D eigenvalue weighted by molar-refractivity contribution is -0.132. The first-order chi connectivity index (χ1) is 15.4. The topological polar surface area (TPSA) is 54.5 Å². The zero-order valence-electron chi connectivity index (χ0n) is 17.6. The van der Waals surface area contributed by atoms with Gasteiger partial charge in [-0.05, 0) is 53.8 Å². The molecule has 2 amide bonds. The molecule has 2 bridgehead atoms.